The van der Waals surface area contributed by atoms with Crippen molar-refractivity contribution >= 4 is 28.4 Å². The van der Waals surface area contributed by atoms with Crippen LogP contribution in [0.4, 0.5) is 5.69 Å². The lowest BCUT2D eigenvalue weighted by Gasteiger charge is -2.09. The summed E-state index contributed by atoms with van der Waals surface area (Å²) in [6, 6.07) is 22.4. The molecule has 0 saturated carbocycles. The maximum absolute atomic E-state index is 12.0. The van der Waals surface area contributed by atoms with E-state index in [2.05, 4.69) is 5.32 Å². The molecule has 0 bridgehead atoms. The van der Waals surface area contributed by atoms with Gasteiger partial charge in [-0.15, -0.1) is 0 Å². The standard InChI is InChI=1S/C22H19NO5S/c1-29(26)20-13-7-16(8-14-20)22(25)27-15-21(24)23-17-9-11-19(12-10-17)28-18-5-3-2-4-6-18/h2-14H,15H2,1H3,(H,23,24). The van der Waals surface area contributed by atoms with E-state index in [9.17, 15) is 13.8 Å². The summed E-state index contributed by atoms with van der Waals surface area (Å²) in [6.45, 7) is -0.414. The van der Waals surface area contributed by atoms with Crippen LogP contribution in [-0.2, 0) is 20.3 Å². The van der Waals surface area contributed by atoms with Crippen LogP contribution in [0, 0.1) is 0 Å². The van der Waals surface area contributed by atoms with Gasteiger partial charge in [0.15, 0.2) is 6.61 Å². The van der Waals surface area contributed by atoms with Crippen molar-refractivity contribution in [3.8, 4) is 11.5 Å². The summed E-state index contributed by atoms with van der Waals surface area (Å²) in [7, 11) is -1.12. The molecule has 0 aliphatic heterocycles. The summed E-state index contributed by atoms with van der Waals surface area (Å²) in [5, 5.41) is 2.65. The minimum atomic E-state index is -1.12. The average molecular weight is 409 g/mol. The van der Waals surface area contributed by atoms with Gasteiger partial charge in [-0.25, -0.2) is 4.79 Å². The quantitative estimate of drug-likeness (QED) is 0.596. The minimum Gasteiger partial charge on any atom is -0.457 e. The molecular formula is C22H19NO5S. The Hall–Kier alpha value is -3.45. The third-order valence-corrected chi connectivity index (χ3v) is 4.81. The van der Waals surface area contributed by atoms with Crippen molar-refractivity contribution in [3.05, 3.63) is 84.4 Å². The monoisotopic (exact) mass is 409 g/mol. The van der Waals surface area contributed by atoms with Gasteiger partial charge in [0.1, 0.15) is 11.5 Å². The zero-order chi connectivity index (χ0) is 20.6. The lowest BCUT2D eigenvalue weighted by molar-refractivity contribution is -0.119. The number of ether oxygens (including phenoxy) is 2. The fourth-order valence-corrected chi connectivity index (χ4v) is 2.94. The predicted molar refractivity (Wildman–Crippen MR) is 111 cm³/mol. The van der Waals surface area contributed by atoms with Crippen LogP contribution in [0.1, 0.15) is 10.4 Å². The molecule has 6 nitrogen and oxygen atoms in total. The zero-order valence-corrected chi connectivity index (χ0v) is 16.5. The van der Waals surface area contributed by atoms with Crippen LogP contribution in [0.25, 0.3) is 0 Å². The zero-order valence-electron chi connectivity index (χ0n) is 15.7. The molecule has 3 rings (SSSR count). The summed E-state index contributed by atoms with van der Waals surface area (Å²) in [5.41, 5.74) is 0.843. The minimum absolute atomic E-state index is 0.286. The normalized spacial score (nSPS) is 11.3. The van der Waals surface area contributed by atoms with Crippen LogP contribution in [0.2, 0.25) is 0 Å². The molecule has 0 aromatic heterocycles. The topological polar surface area (TPSA) is 81.7 Å². The molecular weight excluding hydrogens is 390 g/mol. The first-order chi connectivity index (χ1) is 14.0. The van der Waals surface area contributed by atoms with Crippen LogP contribution in [0.3, 0.4) is 0 Å². The van der Waals surface area contributed by atoms with Crippen molar-refractivity contribution in [1.29, 1.82) is 0 Å². The van der Waals surface area contributed by atoms with Gasteiger partial charge in [-0.05, 0) is 60.7 Å². The number of carbonyl (C=O) groups excluding carboxylic acids is 2. The molecule has 0 saturated heterocycles. The number of esters is 1. The highest BCUT2D eigenvalue weighted by molar-refractivity contribution is 7.84. The van der Waals surface area contributed by atoms with E-state index < -0.39 is 29.3 Å². The summed E-state index contributed by atoms with van der Waals surface area (Å²) in [6.07, 6.45) is 1.55. The van der Waals surface area contributed by atoms with E-state index >= 15 is 0 Å². The van der Waals surface area contributed by atoms with Crippen molar-refractivity contribution in [2.45, 2.75) is 4.90 Å². The number of anilines is 1. The highest BCUT2D eigenvalue weighted by Crippen LogP contribution is 2.22. The highest BCUT2D eigenvalue weighted by atomic mass is 32.2. The molecule has 0 aliphatic rings. The number of benzene rings is 3. The first-order valence-electron chi connectivity index (χ1n) is 8.75. The van der Waals surface area contributed by atoms with Crippen LogP contribution in [-0.4, -0.2) is 28.9 Å². The third-order valence-electron chi connectivity index (χ3n) is 3.87. The van der Waals surface area contributed by atoms with Gasteiger partial charge in [0, 0.05) is 27.6 Å². The van der Waals surface area contributed by atoms with Gasteiger partial charge in [-0.3, -0.25) is 9.00 Å². The predicted octanol–water partition coefficient (Wildman–Crippen LogP) is 4.01. The van der Waals surface area contributed by atoms with Gasteiger partial charge < -0.3 is 14.8 Å². The molecule has 3 aromatic rings. The number of amides is 1. The second-order valence-corrected chi connectivity index (χ2v) is 7.42. The summed E-state index contributed by atoms with van der Waals surface area (Å²) >= 11 is 0. The van der Waals surface area contributed by atoms with Crippen molar-refractivity contribution in [3.63, 3.8) is 0 Å². The van der Waals surface area contributed by atoms with Crippen molar-refractivity contribution in [2.24, 2.45) is 0 Å². The summed E-state index contributed by atoms with van der Waals surface area (Å²) in [5.74, 6) is 0.271. The molecule has 0 spiro atoms. The number of rotatable bonds is 7. The van der Waals surface area contributed by atoms with E-state index in [-0.39, 0.29) is 5.56 Å². The SMILES string of the molecule is CS(=O)c1ccc(C(=O)OCC(=O)Nc2ccc(Oc3ccccc3)cc2)cc1. The molecule has 1 N–H and O–H groups in total. The van der Waals surface area contributed by atoms with Crippen LogP contribution in [0.15, 0.2) is 83.8 Å². The summed E-state index contributed by atoms with van der Waals surface area (Å²) < 4.78 is 22.1. The summed E-state index contributed by atoms with van der Waals surface area (Å²) in [4.78, 5) is 24.6. The Labute approximate surface area is 170 Å². The molecule has 1 atom stereocenters. The molecule has 7 heteroatoms. The Morgan fingerprint density at radius 2 is 1.48 bits per heavy atom. The Kier molecular flexibility index (Phi) is 6.76. The van der Waals surface area contributed by atoms with Crippen molar-refractivity contribution in [2.75, 3.05) is 18.2 Å². The van der Waals surface area contributed by atoms with E-state index in [1.807, 2.05) is 30.3 Å². The Bertz CT molecular complexity index is 1000. The fraction of sp³-hybridized carbons (Fsp3) is 0.0909. The van der Waals surface area contributed by atoms with Crippen molar-refractivity contribution < 1.29 is 23.3 Å². The van der Waals surface area contributed by atoms with Crippen LogP contribution < -0.4 is 10.1 Å². The Balaban J connectivity index is 1.48. The molecule has 3 aromatic carbocycles. The largest absolute Gasteiger partial charge is 0.457 e. The Morgan fingerprint density at radius 1 is 0.862 bits per heavy atom. The molecule has 0 fully saturated rings. The van der Waals surface area contributed by atoms with E-state index in [0.29, 0.717) is 16.3 Å². The number of hydrogen-bond donors (Lipinski definition) is 1. The van der Waals surface area contributed by atoms with Gasteiger partial charge >= 0.3 is 5.97 Å². The number of carbonyl (C=O) groups is 2. The smallest absolute Gasteiger partial charge is 0.338 e. The van der Waals surface area contributed by atoms with E-state index in [1.54, 1.807) is 42.7 Å². The average Bonchev–Trinajstić information content (AvgIpc) is 2.74. The van der Waals surface area contributed by atoms with Crippen LogP contribution >= 0.6 is 0 Å². The second kappa shape index (κ2) is 9.66. The van der Waals surface area contributed by atoms with Gasteiger partial charge in [0.25, 0.3) is 5.91 Å². The van der Waals surface area contributed by atoms with E-state index in [4.69, 9.17) is 9.47 Å². The number of hydrogen-bond acceptors (Lipinski definition) is 5. The van der Waals surface area contributed by atoms with Gasteiger partial charge in [0.2, 0.25) is 0 Å². The first-order valence-corrected chi connectivity index (χ1v) is 10.3. The Morgan fingerprint density at radius 3 is 2.10 bits per heavy atom. The molecule has 148 valence electrons. The molecule has 0 aliphatic carbocycles. The first kappa shape index (κ1) is 20.3. The number of nitrogens with one attached hydrogen (secondary N) is 1. The van der Waals surface area contributed by atoms with Crippen LogP contribution in [0.5, 0.6) is 11.5 Å². The maximum atomic E-state index is 12.0. The molecule has 1 unspecified atom stereocenters. The van der Waals surface area contributed by atoms with Gasteiger partial charge in [0.05, 0.1) is 5.56 Å². The van der Waals surface area contributed by atoms with Gasteiger partial charge in [-0.1, -0.05) is 18.2 Å². The molecule has 0 heterocycles. The molecule has 0 radical (unpaired) electrons. The molecule has 1 amide bonds. The van der Waals surface area contributed by atoms with Gasteiger partial charge in [-0.2, -0.15) is 0 Å². The van der Waals surface area contributed by atoms with E-state index in [0.717, 1.165) is 5.75 Å². The fourth-order valence-electron chi connectivity index (χ4n) is 2.43. The second-order valence-electron chi connectivity index (χ2n) is 6.04. The van der Waals surface area contributed by atoms with Crippen molar-refractivity contribution in [1.82, 2.24) is 0 Å². The van der Waals surface area contributed by atoms with E-state index in [1.165, 1.54) is 12.1 Å². The number of para-hydroxylation sites is 1. The lowest BCUT2D eigenvalue weighted by Crippen LogP contribution is -2.20. The maximum Gasteiger partial charge on any atom is 0.338 e. The highest BCUT2D eigenvalue weighted by Gasteiger charge is 2.11. The molecule has 29 heavy (non-hydrogen) atoms. The lowest BCUT2D eigenvalue weighted by atomic mass is 10.2. The third kappa shape index (κ3) is 6.02.